The number of carbonyl (C=O) groups is 2. The van der Waals surface area contributed by atoms with Crippen LogP contribution in [0.25, 0.3) is 21.5 Å². The fourth-order valence-electron chi connectivity index (χ4n) is 4.21. The van der Waals surface area contributed by atoms with Crippen molar-refractivity contribution < 1.29 is 23.1 Å². The zero-order valence-electron chi connectivity index (χ0n) is 21.1. The van der Waals surface area contributed by atoms with E-state index in [0.29, 0.717) is 23.4 Å². The molecule has 2 aromatic heterocycles. The molecule has 0 radical (unpaired) electrons. The van der Waals surface area contributed by atoms with Crippen LogP contribution < -0.4 is 10.3 Å². The molecule has 2 heterocycles. The molecule has 0 saturated carbocycles. The van der Waals surface area contributed by atoms with Crippen molar-refractivity contribution in [3.05, 3.63) is 111 Å². The Morgan fingerprint density at radius 1 is 0.950 bits per heavy atom. The molecule has 0 fully saturated rings. The van der Waals surface area contributed by atoms with Crippen molar-refractivity contribution in [3.8, 4) is 11.1 Å². The quantitative estimate of drug-likeness (QED) is 0.283. The first-order chi connectivity index (χ1) is 19.2. The molecule has 0 unspecified atom stereocenters. The number of carboxylic acid groups (broad SMARTS) is 1. The van der Waals surface area contributed by atoms with Gasteiger partial charge in [0.25, 0.3) is 21.5 Å². The number of benzene rings is 3. The Morgan fingerprint density at radius 2 is 1.62 bits per heavy atom. The van der Waals surface area contributed by atoms with E-state index in [1.165, 1.54) is 22.8 Å². The Kier molecular flexibility index (Phi) is 7.28. The minimum Gasteiger partial charge on any atom is -0.476 e. The molecule has 202 valence electrons. The van der Waals surface area contributed by atoms with Crippen LogP contribution in [-0.2, 0) is 23.0 Å². The standard InChI is InChI=1S/C28H22N4O6S2/c1-2-22-29-25-23(30-26(39-25)28(35)36)27(34)32(22)16-17-12-14-18(15-13-17)20-10-6-7-11-21(20)40(37,38)31-24(33)19-8-4-3-5-9-19/h3-15H,2,16H2,1H3,(H,31,33)(H,35,36). The number of hydrogen-bond donors (Lipinski definition) is 2. The maximum Gasteiger partial charge on any atom is 0.365 e. The predicted molar refractivity (Wildman–Crippen MR) is 150 cm³/mol. The number of fused-ring (bicyclic) bond motifs is 1. The van der Waals surface area contributed by atoms with Gasteiger partial charge in [-0.15, -0.1) is 0 Å². The molecule has 0 aliphatic rings. The summed E-state index contributed by atoms with van der Waals surface area (Å²) in [5.41, 5.74) is 1.54. The summed E-state index contributed by atoms with van der Waals surface area (Å²) in [5, 5.41) is 9.05. The van der Waals surface area contributed by atoms with E-state index < -0.39 is 27.5 Å². The van der Waals surface area contributed by atoms with Crippen LogP contribution in [0.4, 0.5) is 0 Å². The van der Waals surface area contributed by atoms with Crippen molar-refractivity contribution >= 4 is 43.6 Å². The van der Waals surface area contributed by atoms with Gasteiger partial charge in [0, 0.05) is 17.5 Å². The van der Waals surface area contributed by atoms with Crippen molar-refractivity contribution in [3.63, 3.8) is 0 Å². The molecule has 0 aliphatic heterocycles. The van der Waals surface area contributed by atoms with E-state index in [1.54, 1.807) is 60.7 Å². The van der Waals surface area contributed by atoms with Gasteiger partial charge in [-0.3, -0.25) is 14.2 Å². The number of sulfonamides is 1. The van der Waals surface area contributed by atoms with Crippen molar-refractivity contribution in [2.45, 2.75) is 24.8 Å². The average molecular weight is 575 g/mol. The second kappa shape index (κ2) is 10.8. The van der Waals surface area contributed by atoms with E-state index in [2.05, 4.69) is 14.7 Å². The van der Waals surface area contributed by atoms with E-state index in [4.69, 9.17) is 0 Å². The maximum absolute atomic E-state index is 13.2. The minimum absolute atomic E-state index is 0.00732. The average Bonchev–Trinajstić information content (AvgIpc) is 3.40. The number of aromatic carboxylic acids is 1. The summed E-state index contributed by atoms with van der Waals surface area (Å²) in [6.45, 7) is 2.01. The lowest BCUT2D eigenvalue weighted by atomic mass is 10.0. The summed E-state index contributed by atoms with van der Waals surface area (Å²) in [6.07, 6.45) is 0.448. The SMILES string of the molecule is CCc1nc2sc(C(=O)O)nc2c(=O)n1Cc1ccc(-c2ccccc2S(=O)(=O)NC(=O)c2ccccc2)cc1. The highest BCUT2D eigenvalue weighted by Gasteiger charge is 2.23. The molecule has 10 nitrogen and oxygen atoms in total. The Morgan fingerprint density at radius 3 is 2.30 bits per heavy atom. The zero-order chi connectivity index (χ0) is 28.4. The van der Waals surface area contributed by atoms with Gasteiger partial charge in [-0.1, -0.05) is 78.9 Å². The fraction of sp³-hybridized carbons (Fsp3) is 0.107. The van der Waals surface area contributed by atoms with Crippen LogP contribution >= 0.6 is 11.3 Å². The van der Waals surface area contributed by atoms with Crippen LogP contribution in [0.5, 0.6) is 0 Å². The minimum atomic E-state index is -4.19. The number of thiazole rings is 1. The molecule has 0 atom stereocenters. The third-order valence-corrected chi connectivity index (χ3v) is 8.47. The van der Waals surface area contributed by atoms with Gasteiger partial charge >= 0.3 is 5.97 Å². The topological polar surface area (TPSA) is 148 Å². The third kappa shape index (κ3) is 5.26. The van der Waals surface area contributed by atoms with Gasteiger partial charge in [-0.25, -0.2) is 27.9 Å². The van der Waals surface area contributed by atoms with E-state index >= 15 is 0 Å². The van der Waals surface area contributed by atoms with Gasteiger partial charge in [-0.05, 0) is 29.3 Å². The first kappa shape index (κ1) is 26.9. The molecule has 0 spiro atoms. The molecule has 3 aromatic carbocycles. The molecule has 40 heavy (non-hydrogen) atoms. The van der Waals surface area contributed by atoms with Gasteiger partial charge in [0.2, 0.25) is 5.01 Å². The Labute approximate surface area is 232 Å². The summed E-state index contributed by atoms with van der Waals surface area (Å²) in [4.78, 5) is 45.7. The Hall–Kier alpha value is -4.68. The number of aromatic nitrogens is 3. The highest BCUT2D eigenvalue weighted by molar-refractivity contribution is 7.90. The van der Waals surface area contributed by atoms with E-state index in [-0.39, 0.29) is 32.4 Å². The lowest BCUT2D eigenvalue weighted by Crippen LogP contribution is -2.30. The number of carboxylic acids is 1. The second-order valence-electron chi connectivity index (χ2n) is 8.74. The molecule has 0 saturated heterocycles. The van der Waals surface area contributed by atoms with Crippen molar-refractivity contribution in [2.24, 2.45) is 0 Å². The molecule has 12 heteroatoms. The van der Waals surface area contributed by atoms with E-state index in [9.17, 15) is 27.9 Å². The maximum atomic E-state index is 13.2. The molecule has 2 N–H and O–H groups in total. The number of aryl methyl sites for hydroxylation is 1. The Bertz CT molecular complexity index is 1910. The summed E-state index contributed by atoms with van der Waals surface area (Å²) in [5.74, 6) is -1.46. The predicted octanol–water partition coefficient (Wildman–Crippen LogP) is 3.95. The van der Waals surface area contributed by atoms with Gasteiger partial charge in [-0.2, -0.15) is 0 Å². The van der Waals surface area contributed by atoms with Crippen LogP contribution in [-0.4, -0.2) is 39.9 Å². The molecular formula is C28H22N4O6S2. The monoisotopic (exact) mass is 574 g/mol. The smallest absolute Gasteiger partial charge is 0.365 e. The molecule has 0 aliphatic carbocycles. The normalized spacial score (nSPS) is 11.4. The molecular weight excluding hydrogens is 552 g/mol. The number of carbonyl (C=O) groups excluding carboxylic acids is 1. The number of amides is 1. The molecule has 5 rings (SSSR count). The lowest BCUT2D eigenvalue weighted by Gasteiger charge is -2.13. The molecule has 1 amide bonds. The van der Waals surface area contributed by atoms with Crippen LogP contribution in [0.3, 0.4) is 0 Å². The zero-order valence-corrected chi connectivity index (χ0v) is 22.7. The van der Waals surface area contributed by atoms with Gasteiger partial charge in [0.1, 0.15) is 5.82 Å². The largest absolute Gasteiger partial charge is 0.476 e. The first-order valence-electron chi connectivity index (χ1n) is 12.1. The van der Waals surface area contributed by atoms with Gasteiger partial charge < -0.3 is 5.11 Å². The number of rotatable bonds is 8. The van der Waals surface area contributed by atoms with Crippen LogP contribution in [0.2, 0.25) is 0 Å². The lowest BCUT2D eigenvalue weighted by molar-refractivity contribution is 0.0696. The molecule has 0 bridgehead atoms. The first-order valence-corrected chi connectivity index (χ1v) is 14.4. The summed E-state index contributed by atoms with van der Waals surface area (Å²) in [7, 11) is -4.19. The van der Waals surface area contributed by atoms with Crippen molar-refractivity contribution in [1.29, 1.82) is 0 Å². The third-order valence-electron chi connectivity index (χ3n) is 6.14. The second-order valence-corrected chi connectivity index (χ2v) is 11.4. The Balaban J connectivity index is 1.44. The summed E-state index contributed by atoms with van der Waals surface area (Å²) < 4.78 is 29.9. The number of hydrogen-bond acceptors (Lipinski definition) is 8. The van der Waals surface area contributed by atoms with Crippen molar-refractivity contribution in [1.82, 2.24) is 19.3 Å². The summed E-state index contributed by atoms with van der Waals surface area (Å²) in [6, 6.07) is 21.4. The van der Waals surface area contributed by atoms with Crippen LogP contribution in [0.1, 0.15) is 38.5 Å². The van der Waals surface area contributed by atoms with E-state index in [1.807, 2.05) is 6.92 Å². The highest BCUT2D eigenvalue weighted by atomic mass is 32.2. The summed E-state index contributed by atoms with van der Waals surface area (Å²) >= 11 is 0.859. The number of nitrogens with one attached hydrogen (secondary N) is 1. The number of nitrogens with zero attached hydrogens (tertiary/aromatic N) is 3. The van der Waals surface area contributed by atoms with E-state index in [0.717, 1.165) is 16.9 Å². The highest BCUT2D eigenvalue weighted by Crippen LogP contribution is 2.28. The van der Waals surface area contributed by atoms with Gasteiger partial charge in [0.05, 0.1) is 11.4 Å². The fourth-order valence-corrected chi connectivity index (χ4v) is 6.20. The van der Waals surface area contributed by atoms with Crippen LogP contribution in [0, 0.1) is 0 Å². The van der Waals surface area contributed by atoms with Crippen LogP contribution in [0.15, 0.2) is 88.6 Å². The van der Waals surface area contributed by atoms with Crippen molar-refractivity contribution in [2.75, 3.05) is 0 Å². The van der Waals surface area contributed by atoms with Gasteiger partial charge in [0.15, 0.2) is 10.3 Å². The molecule has 5 aromatic rings.